The topological polar surface area (TPSA) is 41.1 Å². The van der Waals surface area contributed by atoms with Crippen LogP contribution < -0.4 is 5.32 Å². The molecule has 1 aliphatic carbocycles. The van der Waals surface area contributed by atoms with Gasteiger partial charge in [-0.1, -0.05) is 6.42 Å². The lowest BCUT2D eigenvalue weighted by Crippen LogP contribution is -2.53. The summed E-state index contributed by atoms with van der Waals surface area (Å²) >= 11 is 0. The number of hydrogen-bond donors (Lipinski definition) is 1. The predicted octanol–water partition coefficient (Wildman–Crippen LogP) is 2.25. The summed E-state index contributed by atoms with van der Waals surface area (Å²) in [7, 11) is 0. The summed E-state index contributed by atoms with van der Waals surface area (Å²) in [4.78, 5) is 11.7. The number of piperidine rings is 3. The third-order valence-corrected chi connectivity index (χ3v) is 5.35. The zero-order valence-electron chi connectivity index (χ0n) is 12.1. The maximum atomic E-state index is 4.57. The van der Waals surface area contributed by atoms with Gasteiger partial charge in [-0.15, -0.1) is 0 Å². The van der Waals surface area contributed by atoms with E-state index in [9.17, 15) is 0 Å². The standard InChI is InChI=1S/C16H24N4/c1-2-4-13-14(5-3-1)17-11-18-16(13)19-15-10-20-8-6-12(15)7-9-20/h11-12,15H,1-10H2,(H,17,18,19). The molecule has 1 N–H and O–H groups in total. The van der Waals surface area contributed by atoms with Crippen molar-refractivity contribution in [3.05, 3.63) is 17.6 Å². The smallest absolute Gasteiger partial charge is 0.133 e. The van der Waals surface area contributed by atoms with Gasteiger partial charge in [0.2, 0.25) is 0 Å². The van der Waals surface area contributed by atoms with E-state index in [1.807, 2.05) is 0 Å². The molecule has 3 fully saturated rings. The molecule has 0 amide bonds. The molecule has 3 aliphatic heterocycles. The molecule has 4 nitrogen and oxygen atoms in total. The molecule has 1 atom stereocenters. The van der Waals surface area contributed by atoms with E-state index < -0.39 is 0 Å². The Labute approximate surface area is 121 Å². The molecule has 0 aromatic carbocycles. The molecule has 0 saturated carbocycles. The van der Waals surface area contributed by atoms with E-state index in [1.54, 1.807) is 6.33 Å². The van der Waals surface area contributed by atoms with Crippen molar-refractivity contribution in [2.24, 2.45) is 5.92 Å². The minimum atomic E-state index is 0.597. The maximum absolute atomic E-state index is 4.57. The van der Waals surface area contributed by atoms with E-state index in [-0.39, 0.29) is 0 Å². The minimum absolute atomic E-state index is 0.597. The lowest BCUT2D eigenvalue weighted by atomic mass is 9.84. The minimum Gasteiger partial charge on any atom is -0.365 e. The second kappa shape index (κ2) is 5.32. The first-order valence-electron chi connectivity index (χ1n) is 8.22. The number of anilines is 1. The second-order valence-corrected chi connectivity index (χ2v) is 6.60. The van der Waals surface area contributed by atoms with Crippen LogP contribution in [-0.4, -0.2) is 40.5 Å². The van der Waals surface area contributed by atoms with Crippen molar-refractivity contribution >= 4 is 5.82 Å². The molecule has 108 valence electrons. The number of rotatable bonds is 2. The number of nitrogens with one attached hydrogen (secondary N) is 1. The summed E-state index contributed by atoms with van der Waals surface area (Å²) in [6.07, 6.45) is 10.6. The van der Waals surface area contributed by atoms with Gasteiger partial charge in [0.15, 0.2) is 0 Å². The molecule has 20 heavy (non-hydrogen) atoms. The van der Waals surface area contributed by atoms with Crippen LogP contribution in [0.2, 0.25) is 0 Å². The quantitative estimate of drug-likeness (QED) is 0.838. The highest BCUT2D eigenvalue weighted by Gasteiger charge is 2.34. The van der Waals surface area contributed by atoms with E-state index in [4.69, 9.17) is 0 Å². The Morgan fingerprint density at radius 2 is 1.90 bits per heavy atom. The third kappa shape index (κ3) is 2.30. The average molecular weight is 272 g/mol. The SMILES string of the molecule is c1nc2c(c(NC3CN4CCC3CC4)n1)CCCCC2. The Morgan fingerprint density at radius 3 is 2.70 bits per heavy atom. The van der Waals surface area contributed by atoms with Crippen LogP contribution in [0.4, 0.5) is 5.82 Å². The van der Waals surface area contributed by atoms with Crippen molar-refractivity contribution in [3.8, 4) is 0 Å². The summed E-state index contributed by atoms with van der Waals surface area (Å²) in [6.45, 7) is 3.79. The number of aromatic nitrogens is 2. The van der Waals surface area contributed by atoms with Gasteiger partial charge in [0.05, 0.1) is 0 Å². The van der Waals surface area contributed by atoms with Gasteiger partial charge >= 0.3 is 0 Å². The van der Waals surface area contributed by atoms with Crippen LogP contribution in [0.3, 0.4) is 0 Å². The van der Waals surface area contributed by atoms with E-state index in [1.165, 1.54) is 63.0 Å². The van der Waals surface area contributed by atoms with E-state index in [0.29, 0.717) is 6.04 Å². The van der Waals surface area contributed by atoms with Gasteiger partial charge in [-0.3, -0.25) is 0 Å². The van der Waals surface area contributed by atoms with Gasteiger partial charge in [-0.05, 0) is 57.5 Å². The van der Waals surface area contributed by atoms with Gasteiger partial charge in [0.25, 0.3) is 0 Å². The van der Waals surface area contributed by atoms with Gasteiger partial charge in [0, 0.05) is 23.8 Å². The van der Waals surface area contributed by atoms with Crippen LogP contribution in [0.1, 0.15) is 43.4 Å². The summed E-state index contributed by atoms with van der Waals surface area (Å²) < 4.78 is 0. The Morgan fingerprint density at radius 1 is 1.05 bits per heavy atom. The molecule has 4 heteroatoms. The zero-order chi connectivity index (χ0) is 13.4. The zero-order valence-corrected chi connectivity index (χ0v) is 12.1. The first kappa shape index (κ1) is 12.6. The Bertz CT molecular complexity index is 479. The summed E-state index contributed by atoms with van der Waals surface area (Å²) in [5.41, 5.74) is 2.70. The fourth-order valence-electron chi connectivity index (χ4n) is 4.13. The summed E-state index contributed by atoms with van der Waals surface area (Å²) in [5.74, 6) is 1.98. The van der Waals surface area contributed by atoms with E-state index in [0.717, 1.165) is 24.6 Å². The molecule has 0 spiro atoms. The number of hydrogen-bond acceptors (Lipinski definition) is 4. The molecule has 2 bridgehead atoms. The molecule has 3 saturated heterocycles. The molecular weight excluding hydrogens is 248 g/mol. The van der Waals surface area contributed by atoms with E-state index in [2.05, 4.69) is 20.2 Å². The van der Waals surface area contributed by atoms with Crippen LogP contribution >= 0.6 is 0 Å². The molecule has 1 aromatic rings. The highest BCUT2D eigenvalue weighted by atomic mass is 15.2. The highest BCUT2D eigenvalue weighted by molar-refractivity contribution is 5.47. The second-order valence-electron chi connectivity index (χ2n) is 6.60. The first-order chi connectivity index (χ1) is 9.90. The number of aryl methyl sites for hydroxylation is 1. The maximum Gasteiger partial charge on any atom is 0.133 e. The van der Waals surface area contributed by atoms with Crippen molar-refractivity contribution in [2.45, 2.75) is 51.0 Å². The first-order valence-corrected chi connectivity index (χ1v) is 8.22. The fourth-order valence-corrected chi connectivity index (χ4v) is 4.13. The van der Waals surface area contributed by atoms with Crippen molar-refractivity contribution in [3.63, 3.8) is 0 Å². The van der Waals surface area contributed by atoms with Crippen molar-refractivity contribution in [2.75, 3.05) is 25.0 Å². The Kier molecular flexibility index (Phi) is 3.34. The van der Waals surface area contributed by atoms with E-state index >= 15 is 0 Å². The molecule has 1 aromatic heterocycles. The third-order valence-electron chi connectivity index (χ3n) is 5.35. The molecule has 4 aliphatic rings. The van der Waals surface area contributed by atoms with Gasteiger partial charge in [0.1, 0.15) is 12.1 Å². The lowest BCUT2D eigenvalue weighted by molar-refractivity contribution is 0.0973. The van der Waals surface area contributed by atoms with Gasteiger partial charge in [-0.25, -0.2) is 9.97 Å². The van der Waals surface area contributed by atoms with Crippen LogP contribution in [0, 0.1) is 5.92 Å². The monoisotopic (exact) mass is 272 g/mol. The molecule has 5 rings (SSSR count). The number of nitrogens with zero attached hydrogens (tertiary/aromatic N) is 3. The van der Waals surface area contributed by atoms with Crippen LogP contribution in [0.15, 0.2) is 6.33 Å². The van der Waals surface area contributed by atoms with Crippen molar-refractivity contribution in [1.82, 2.24) is 14.9 Å². The van der Waals surface area contributed by atoms with Crippen molar-refractivity contribution in [1.29, 1.82) is 0 Å². The van der Waals surface area contributed by atoms with Crippen molar-refractivity contribution < 1.29 is 0 Å². The molecule has 4 heterocycles. The molecule has 1 unspecified atom stereocenters. The Hall–Kier alpha value is -1.16. The molecule has 0 radical (unpaired) electrons. The lowest BCUT2D eigenvalue weighted by Gasteiger charge is -2.45. The summed E-state index contributed by atoms with van der Waals surface area (Å²) in [6, 6.07) is 0.597. The van der Waals surface area contributed by atoms with Crippen LogP contribution in [0.25, 0.3) is 0 Å². The summed E-state index contributed by atoms with van der Waals surface area (Å²) in [5, 5.41) is 3.78. The Balaban J connectivity index is 1.56. The van der Waals surface area contributed by atoms with Crippen LogP contribution in [-0.2, 0) is 12.8 Å². The largest absolute Gasteiger partial charge is 0.365 e. The fraction of sp³-hybridized carbons (Fsp3) is 0.750. The highest BCUT2D eigenvalue weighted by Crippen LogP contribution is 2.31. The normalized spacial score (nSPS) is 32.5. The van der Waals surface area contributed by atoms with Crippen LogP contribution in [0.5, 0.6) is 0 Å². The van der Waals surface area contributed by atoms with Gasteiger partial charge in [-0.2, -0.15) is 0 Å². The predicted molar refractivity (Wildman–Crippen MR) is 79.9 cm³/mol. The molecular formula is C16H24N4. The average Bonchev–Trinajstić information content (AvgIpc) is 2.75. The van der Waals surface area contributed by atoms with Gasteiger partial charge < -0.3 is 10.2 Å². The number of fused-ring (bicyclic) bond motifs is 4.